The highest BCUT2D eigenvalue weighted by molar-refractivity contribution is 9.10. The average Bonchev–Trinajstić information content (AvgIpc) is 2.30. The first-order chi connectivity index (χ1) is 8.02. The van der Waals surface area contributed by atoms with E-state index in [0.717, 1.165) is 25.9 Å². The van der Waals surface area contributed by atoms with Crippen molar-refractivity contribution in [2.75, 3.05) is 26.7 Å². The van der Waals surface area contributed by atoms with E-state index in [1.807, 2.05) is 0 Å². The van der Waals surface area contributed by atoms with Crippen LogP contribution < -0.4 is 5.32 Å². The lowest BCUT2D eigenvalue weighted by molar-refractivity contribution is -0.140. The van der Waals surface area contributed by atoms with E-state index in [9.17, 15) is 9.59 Å². The van der Waals surface area contributed by atoms with Crippen LogP contribution in [-0.2, 0) is 14.3 Å². The maximum absolute atomic E-state index is 11.2. The molecule has 1 amide bonds. The SMILES string of the molecule is COC(=O)C(Br)CN1CCC(NC(C)=O)CC1. The fourth-order valence-corrected chi connectivity index (χ4v) is 2.57. The van der Waals surface area contributed by atoms with E-state index in [1.54, 1.807) is 0 Å². The highest BCUT2D eigenvalue weighted by atomic mass is 79.9. The van der Waals surface area contributed by atoms with Crippen LogP contribution in [-0.4, -0.2) is 54.4 Å². The van der Waals surface area contributed by atoms with Gasteiger partial charge in [0.05, 0.1) is 7.11 Å². The molecule has 1 saturated heterocycles. The maximum Gasteiger partial charge on any atom is 0.320 e. The fourth-order valence-electron chi connectivity index (χ4n) is 1.98. The molecular formula is C11H19BrN2O3. The Morgan fingerprint density at radius 1 is 1.47 bits per heavy atom. The normalized spacial score (nSPS) is 19.7. The average molecular weight is 307 g/mol. The summed E-state index contributed by atoms with van der Waals surface area (Å²) in [5.41, 5.74) is 0. The number of esters is 1. The van der Waals surface area contributed by atoms with Gasteiger partial charge in [0.1, 0.15) is 4.83 Å². The van der Waals surface area contributed by atoms with Crippen LogP contribution in [0.25, 0.3) is 0 Å². The standard InChI is InChI=1S/C11H19BrN2O3/c1-8(15)13-9-3-5-14(6-4-9)7-10(12)11(16)17-2/h9-10H,3-7H2,1-2H3,(H,13,15). The van der Waals surface area contributed by atoms with E-state index < -0.39 is 0 Å². The number of alkyl halides is 1. The zero-order valence-corrected chi connectivity index (χ0v) is 11.8. The third kappa shape index (κ3) is 5.04. The van der Waals surface area contributed by atoms with Gasteiger partial charge >= 0.3 is 5.97 Å². The number of hydrogen-bond donors (Lipinski definition) is 1. The Morgan fingerprint density at radius 2 is 2.06 bits per heavy atom. The first-order valence-corrected chi connectivity index (χ1v) is 6.66. The van der Waals surface area contributed by atoms with Gasteiger partial charge in [0.2, 0.25) is 5.91 Å². The van der Waals surface area contributed by atoms with E-state index in [-0.39, 0.29) is 22.7 Å². The topological polar surface area (TPSA) is 58.6 Å². The van der Waals surface area contributed by atoms with Crippen molar-refractivity contribution in [3.05, 3.63) is 0 Å². The van der Waals surface area contributed by atoms with Crippen molar-refractivity contribution in [2.45, 2.75) is 30.6 Å². The van der Waals surface area contributed by atoms with Crippen molar-refractivity contribution < 1.29 is 14.3 Å². The molecule has 1 fully saturated rings. The van der Waals surface area contributed by atoms with Gasteiger partial charge in [-0.15, -0.1) is 0 Å². The van der Waals surface area contributed by atoms with Crippen molar-refractivity contribution in [1.82, 2.24) is 10.2 Å². The third-order valence-electron chi connectivity index (χ3n) is 2.87. The summed E-state index contributed by atoms with van der Waals surface area (Å²) in [7, 11) is 1.39. The number of amides is 1. The van der Waals surface area contributed by atoms with Gasteiger partial charge in [0.15, 0.2) is 0 Å². The molecule has 0 radical (unpaired) electrons. The van der Waals surface area contributed by atoms with Crippen molar-refractivity contribution in [2.24, 2.45) is 0 Å². The predicted octanol–water partition coefficient (Wildman–Crippen LogP) is 0.523. The molecule has 6 heteroatoms. The number of ether oxygens (including phenoxy) is 1. The maximum atomic E-state index is 11.2. The number of hydrogen-bond acceptors (Lipinski definition) is 4. The van der Waals surface area contributed by atoms with Crippen molar-refractivity contribution in [1.29, 1.82) is 0 Å². The largest absolute Gasteiger partial charge is 0.468 e. The highest BCUT2D eigenvalue weighted by Crippen LogP contribution is 2.13. The van der Waals surface area contributed by atoms with Crippen molar-refractivity contribution >= 4 is 27.8 Å². The summed E-state index contributed by atoms with van der Waals surface area (Å²) < 4.78 is 4.66. The molecule has 98 valence electrons. The Hall–Kier alpha value is -0.620. The smallest absolute Gasteiger partial charge is 0.320 e. The molecule has 5 nitrogen and oxygen atoms in total. The van der Waals surface area contributed by atoms with Crippen molar-refractivity contribution in [3.63, 3.8) is 0 Å². The van der Waals surface area contributed by atoms with Gasteiger partial charge in [0.25, 0.3) is 0 Å². The number of nitrogens with one attached hydrogen (secondary N) is 1. The molecule has 0 spiro atoms. The van der Waals surface area contributed by atoms with Gasteiger partial charge in [0, 0.05) is 32.6 Å². The van der Waals surface area contributed by atoms with Crippen LogP contribution in [0, 0.1) is 0 Å². The molecule has 17 heavy (non-hydrogen) atoms. The van der Waals surface area contributed by atoms with Crippen molar-refractivity contribution in [3.8, 4) is 0 Å². The van der Waals surface area contributed by atoms with Gasteiger partial charge in [-0.3, -0.25) is 9.59 Å². The molecule has 1 unspecified atom stereocenters. The summed E-state index contributed by atoms with van der Waals surface area (Å²) in [4.78, 5) is 24.1. The third-order valence-corrected chi connectivity index (χ3v) is 3.53. The molecule has 1 heterocycles. The summed E-state index contributed by atoms with van der Waals surface area (Å²) >= 11 is 3.31. The molecule has 0 bridgehead atoms. The summed E-state index contributed by atoms with van der Waals surface area (Å²) in [5.74, 6) is -0.217. The minimum absolute atomic E-state index is 0.0244. The first-order valence-electron chi connectivity index (χ1n) is 5.74. The number of halogens is 1. The first kappa shape index (κ1) is 14.4. The van der Waals surface area contributed by atoms with Gasteiger partial charge in [-0.2, -0.15) is 0 Å². The Kier molecular flexibility index (Phi) is 5.91. The lowest BCUT2D eigenvalue weighted by Gasteiger charge is -2.32. The lowest BCUT2D eigenvalue weighted by Crippen LogP contribution is -2.46. The van der Waals surface area contributed by atoms with Crippen LogP contribution in [0.5, 0.6) is 0 Å². The molecule has 1 N–H and O–H groups in total. The van der Waals surface area contributed by atoms with E-state index >= 15 is 0 Å². The number of piperidine rings is 1. The second-order valence-corrected chi connectivity index (χ2v) is 5.37. The van der Waals surface area contributed by atoms with E-state index in [2.05, 4.69) is 30.9 Å². The minimum atomic E-state index is -0.273. The molecule has 0 aromatic heterocycles. The Bertz CT molecular complexity index is 278. The van der Waals surface area contributed by atoms with Gasteiger partial charge < -0.3 is 15.0 Å². The second-order valence-electron chi connectivity index (χ2n) is 4.27. The van der Waals surface area contributed by atoms with E-state index in [4.69, 9.17) is 0 Å². The van der Waals surface area contributed by atoms with Crippen LogP contribution in [0.3, 0.4) is 0 Å². The highest BCUT2D eigenvalue weighted by Gasteiger charge is 2.24. The molecular weight excluding hydrogens is 288 g/mol. The Balaban J connectivity index is 2.27. The fraction of sp³-hybridized carbons (Fsp3) is 0.818. The Labute approximate surface area is 110 Å². The molecule has 1 aliphatic heterocycles. The minimum Gasteiger partial charge on any atom is -0.468 e. The van der Waals surface area contributed by atoms with Crippen LogP contribution >= 0.6 is 15.9 Å². The Morgan fingerprint density at radius 3 is 2.53 bits per heavy atom. The lowest BCUT2D eigenvalue weighted by atomic mass is 10.0. The van der Waals surface area contributed by atoms with E-state index in [1.165, 1.54) is 14.0 Å². The molecule has 1 atom stereocenters. The van der Waals surface area contributed by atoms with Gasteiger partial charge in [-0.25, -0.2) is 0 Å². The number of likely N-dealkylation sites (tertiary alicyclic amines) is 1. The molecule has 0 aromatic carbocycles. The predicted molar refractivity (Wildman–Crippen MR) is 68.0 cm³/mol. The zero-order chi connectivity index (χ0) is 12.8. The summed E-state index contributed by atoms with van der Waals surface area (Å²) in [6.45, 7) is 3.98. The molecule has 1 aliphatic rings. The number of methoxy groups -OCH3 is 1. The number of nitrogens with zero attached hydrogens (tertiary/aromatic N) is 1. The number of carbonyl (C=O) groups excluding carboxylic acids is 2. The van der Waals surface area contributed by atoms with Gasteiger partial charge in [-0.1, -0.05) is 15.9 Å². The van der Waals surface area contributed by atoms with Crippen LogP contribution in [0.1, 0.15) is 19.8 Å². The van der Waals surface area contributed by atoms with Crippen LogP contribution in [0.15, 0.2) is 0 Å². The quantitative estimate of drug-likeness (QED) is 0.608. The van der Waals surface area contributed by atoms with Crippen LogP contribution in [0.4, 0.5) is 0 Å². The number of rotatable bonds is 4. The van der Waals surface area contributed by atoms with Crippen LogP contribution in [0.2, 0.25) is 0 Å². The summed E-state index contributed by atoms with van der Waals surface area (Å²) in [5, 5.41) is 2.92. The molecule has 0 aliphatic carbocycles. The summed E-state index contributed by atoms with van der Waals surface area (Å²) in [6.07, 6.45) is 1.86. The monoisotopic (exact) mass is 306 g/mol. The van der Waals surface area contributed by atoms with Gasteiger partial charge in [-0.05, 0) is 12.8 Å². The number of carbonyl (C=O) groups is 2. The second kappa shape index (κ2) is 6.96. The molecule has 1 rings (SSSR count). The summed E-state index contributed by atoms with van der Waals surface area (Å²) in [6, 6.07) is 0.274. The molecule has 0 aromatic rings. The molecule has 0 saturated carbocycles. The zero-order valence-electron chi connectivity index (χ0n) is 10.2. The van der Waals surface area contributed by atoms with E-state index in [0.29, 0.717) is 6.54 Å².